The molecule has 2 aromatic heterocycles. The Balaban J connectivity index is 1.65. The molecule has 3 N–H and O–H groups in total. The van der Waals surface area contributed by atoms with Crippen molar-refractivity contribution in [3.63, 3.8) is 0 Å². The van der Waals surface area contributed by atoms with Gasteiger partial charge in [-0.1, -0.05) is 32.9 Å². The van der Waals surface area contributed by atoms with Crippen LogP contribution in [0.2, 0.25) is 0 Å². The standard InChI is InChI=1S/C23H27N3O6S2/c1-23(2,3)20(22(27)28)19-12-18-17(8-10-24-21(18)25-19)14-4-6-16(7-5-14)34(31,32)26-15-9-11-33(29,30)13-15/h4-8,10,12,15,20,26H,9,11,13H2,1-3H3,(H,24,25)(H,27,28). The Morgan fingerprint density at radius 1 is 1.21 bits per heavy atom. The van der Waals surface area contributed by atoms with Crippen LogP contribution >= 0.6 is 0 Å². The molecule has 3 aromatic rings. The molecule has 1 fully saturated rings. The molecule has 0 aliphatic carbocycles. The summed E-state index contributed by atoms with van der Waals surface area (Å²) in [5, 5.41) is 10.5. The molecule has 0 spiro atoms. The molecule has 2 atom stereocenters. The molecule has 4 rings (SSSR count). The lowest BCUT2D eigenvalue weighted by Gasteiger charge is -2.26. The Kier molecular flexibility index (Phi) is 6.07. The van der Waals surface area contributed by atoms with E-state index in [4.69, 9.17) is 0 Å². The first kappa shape index (κ1) is 24.4. The highest BCUT2D eigenvalue weighted by atomic mass is 32.2. The molecular weight excluding hydrogens is 478 g/mol. The minimum Gasteiger partial charge on any atom is -0.481 e. The second-order valence-corrected chi connectivity index (χ2v) is 13.7. The highest BCUT2D eigenvalue weighted by Gasteiger charge is 2.34. The fourth-order valence-corrected chi connectivity index (χ4v) is 7.46. The van der Waals surface area contributed by atoms with E-state index in [9.17, 15) is 26.7 Å². The second-order valence-electron chi connectivity index (χ2n) is 9.73. The van der Waals surface area contributed by atoms with Gasteiger partial charge in [0, 0.05) is 23.3 Å². The Hall–Kier alpha value is -2.76. The molecule has 3 heterocycles. The summed E-state index contributed by atoms with van der Waals surface area (Å²) in [6.07, 6.45) is 1.87. The Labute approximate surface area is 198 Å². The molecule has 182 valence electrons. The number of nitrogens with zero attached hydrogens (tertiary/aromatic N) is 1. The minimum absolute atomic E-state index is 0.0201. The number of sulfonamides is 1. The maximum Gasteiger partial charge on any atom is 0.313 e. The van der Waals surface area contributed by atoms with Crippen LogP contribution in [-0.2, 0) is 24.7 Å². The first-order valence-corrected chi connectivity index (χ1v) is 14.1. The van der Waals surface area contributed by atoms with Crippen LogP contribution in [0.15, 0.2) is 47.5 Å². The zero-order valence-corrected chi connectivity index (χ0v) is 20.7. The Morgan fingerprint density at radius 2 is 1.88 bits per heavy atom. The fraction of sp³-hybridized carbons (Fsp3) is 0.391. The normalized spacial score (nSPS) is 19.3. The lowest BCUT2D eigenvalue weighted by atomic mass is 9.79. The molecular formula is C23H27N3O6S2. The molecule has 34 heavy (non-hydrogen) atoms. The van der Waals surface area contributed by atoms with E-state index in [0.717, 1.165) is 16.5 Å². The summed E-state index contributed by atoms with van der Waals surface area (Å²) in [5.41, 5.74) is 2.09. The maximum absolute atomic E-state index is 12.7. The van der Waals surface area contributed by atoms with Crippen molar-refractivity contribution < 1.29 is 26.7 Å². The van der Waals surface area contributed by atoms with Gasteiger partial charge < -0.3 is 10.1 Å². The van der Waals surface area contributed by atoms with Crippen molar-refractivity contribution in [3.8, 4) is 11.1 Å². The summed E-state index contributed by atoms with van der Waals surface area (Å²) in [4.78, 5) is 19.4. The number of rotatable bonds is 6. The van der Waals surface area contributed by atoms with Gasteiger partial charge in [0.15, 0.2) is 9.84 Å². The van der Waals surface area contributed by atoms with Crippen LogP contribution in [-0.4, -0.2) is 55.4 Å². The number of carboxylic acids is 1. The number of aliphatic carboxylic acids is 1. The van der Waals surface area contributed by atoms with E-state index in [1.165, 1.54) is 12.1 Å². The van der Waals surface area contributed by atoms with Gasteiger partial charge in [0.25, 0.3) is 0 Å². The summed E-state index contributed by atoms with van der Waals surface area (Å²) < 4.78 is 51.2. The lowest BCUT2D eigenvalue weighted by molar-refractivity contribution is -0.141. The van der Waals surface area contributed by atoms with Gasteiger partial charge in [-0.15, -0.1) is 0 Å². The Morgan fingerprint density at radius 3 is 2.44 bits per heavy atom. The van der Waals surface area contributed by atoms with Crippen molar-refractivity contribution in [1.29, 1.82) is 0 Å². The van der Waals surface area contributed by atoms with Crippen LogP contribution in [0.1, 0.15) is 38.8 Å². The summed E-state index contributed by atoms with van der Waals surface area (Å²) in [6, 6.07) is 9.22. The molecule has 0 radical (unpaired) electrons. The number of fused-ring (bicyclic) bond motifs is 1. The van der Waals surface area contributed by atoms with E-state index in [1.807, 2.05) is 20.8 Å². The van der Waals surface area contributed by atoms with Gasteiger partial charge in [-0.05, 0) is 47.2 Å². The molecule has 0 bridgehead atoms. The zero-order valence-electron chi connectivity index (χ0n) is 19.1. The largest absolute Gasteiger partial charge is 0.481 e. The van der Waals surface area contributed by atoms with Gasteiger partial charge in [0.2, 0.25) is 10.0 Å². The number of hydrogen-bond acceptors (Lipinski definition) is 6. The third kappa shape index (κ3) is 4.86. The molecule has 0 saturated carbocycles. The third-order valence-electron chi connectivity index (χ3n) is 6.01. The summed E-state index contributed by atoms with van der Waals surface area (Å²) in [6.45, 7) is 5.58. The Bertz CT molecular complexity index is 1450. The number of aromatic nitrogens is 2. The smallest absolute Gasteiger partial charge is 0.313 e. The van der Waals surface area contributed by atoms with Crippen molar-refractivity contribution >= 4 is 36.9 Å². The van der Waals surface area contributed by atoms with Crippen LogP contribution < -0.4 is 4.72 Å². The summed E-state index contributed by atoms with van der Waals surface area (Å²) in [7, 11) is -7.07. The molecule has 1 aromatic carbocycles. The van der Waals surface area contributed by atoms with Crippen LogP contribution in [0.4, 0.5) is 0 Å². The number of H-pyrrole nitrogens is 1. The number of carbonyl (C=O) groups is 1. The summed E-state index contributed by atoms with van der Waals surface area (Å²) in [5.74, 6) is -1.90. The fourth-order valence-electron chi connectivity index (χ4n) is 4.41. The molecule has 0 amide bonds. The van der Waals surface area contributed by atoms with Crippen molar-refractivity contribution in [2.24, 2.45) is 5.41 Å². The molecule has 1 aliphatic heterocycles. The van der Waals surface area contributed by atoms with Gasteiger partial charge >= 0.3 is 5.97 Å². The predicted molar refractivity (Wildman–Crippen MR) is 129 cm³/mol. The zero-order chi connectivity index (χ0) is 24.9. The first-order chi connectivity index (χ1) is 15.8. The molecule has 1 aliphatic rings. The van der Waals surface area contributed by atoms with Crippen molar-refractivity contribution in [1.82, 2.24) is 14.7 Å². The van der Waals surface area contributed by atoms with Crippen molar-refractivity contribution in [3.05, 3.63) is 48.3 Å². The van der Waals surface area contributed by atoms with Crippen LogP contribution in [0, 0.1) is 5.41 Å². The molecule has 11 heteroatoms. The highest BCUT2D eigenvalue weighted by Crippen LogP contribution is 2.38. The monoisotopic (exact) mass is 505 g/mol. The first-order valence-electron chi connectivity index (χ1n) is 10.8. The average molecular weight is 506 g/mol. The van der Waals surface area contributed by atoms with Crippen LogP contribution in [0.25, 0.3) is 22.2 Å². The number of carboxylic acid groups (broad SMARTS) is 1. The van der Waals surface area contributed by atoms with E-state index in [0.29, 0.717) is 11.3 Å². The lowest BCUT2D eigenvalue weighted by Crippen LogP contribution is -2.35. The van der Waals surface area contributed by atoms with Crippen LogP contribution in [0.5, 0.6) is 0 Å². The molecule has 1 saturated heterocycles. The quantitative estimate of drug-likeness (QED) is 0.467. The van der Waals surface area contributed by atoms with E-state index < -0.39 is 43.2 Å². The number of pyridine rings is 1. The minimum atomic E-state index is -3.87. The number of hydrogen-bond donors (Lipinski definition) is 3. The van der Waals surface area contributed by atoms with E-state index in [2.05, 4.69) is 14.7 Å². The summed E-state index contributed by atoms with van der Waals surface area (Å²) >= 11 is 0. The average Bonchev–Trinajstić information content (AvgIpc) is 3.28. The SMILES string of the molecule is CC(C)(C)C(C(=O)O)c1cc2c(-c3ccc(S(=O)(=O)NC4CCS(=O)(=O)C4)cc3)ccnc2[nH]1. The third-order valence-corrected chi connectivity index (χ3v) is 9.31. The van der Waals surface area contributed by atoms with Gasteiger partial charge in [-0.25, -0.2) is 26.5 Å². The van der Waals surface area contributed by atoms with Crippen molar-refractivity contribution in [2.45, 2.75) is 44.0 Å². The van der Waals surface area contributed by atoms with Gasteiger partial charge in [0.05, 0.1) is 16.4 Å². The van der Waals surface area contributed by atoms with E-state index >= 15 is 0 Å². The predicted octanol–water partition coefficient (Wildman–Crippen LogP) is 2.91. The topological polar surface area (TPSA) is 146 Å². The molecule has 9 nitrogen and oxygen atoms in total. The number of aromatic amines is 1. The maximum atomic E-state index is 12.7. The van der Waals surface area contributed by atoms with Crippen molar-refractivity contribution in [2.75, 3.05) is 11.5 Å². The van der Waals surface area contributed by atoms with E-state index in [-0.39, 0.29) is 22.8 Å². The molecule has 2 unspecified atom stereocenters. The number of benzene rings is 1. The second kappa shape index (κ2) is 8.47. The number of nitrogens with one attached hydrogen (secondary N) is 2. The van der Waals surface area contributed by atoms with Gasteiger partial charge in [0.1, 0.15) is 11.6 Å². The van der Waals surface area contributed by atoms with Crippen LogP contribution in [0.3, 0.4) is 0 Å². The van der Waals surface area contributed by atoms with E-state index in [1.54, 1.807) is 30.5 Å². The highest BCUT2D eigenvalue weighted by molar-refractivity contribution is 7.92. The van der Waals surface area contributed by atoms with Gasteiger partial charge in [-0.2, -0.15) is 0 Å². The van der Waals surface area contributed by atoms with Gasteiger partial charge in [-0.3, -0.25) is 4.79 Å². The number of sulfone groups is 1.